The van der Waals surface area contributed by atoms with Gasteiger partial charge in [0.25, 0.3) is 6.01 Å². The van der Waals surface area contributed by atoms with Gasteiger partial charge in [-0.2, -0.15) is 16.7 Å². The number of ether oxygens (including phenoxy) is 1. The Bertz CT molecular complexity index is 1110. The summed E-state index contributed by atoms with van der Waals surface area (Å²) in [5.74, 6) is 2.97. The van der Waals surface area contributed by atoms with Crippen LogP contribution in [0.25, 0.3) is 16.7 Å². The molecule has 1 saturated heterocycles. The number of halogens is 1. The van der Waals surface area contributed by atoms with Gasteiger partial charge in [-0.3, -0.25) is 9.08 Å². The summed E-state index contributed by atoms with van der Waals surface area (Å²) in [6.07, 6.45) is 11.8. The first-order valence-corrected chi connectivity index (χ1v) is 15.0. The topological polar surface area (TPSA) is 83.5 Å². The van der Waals surface area contributed by atoms with Crippen LogP contribution in [0.3, 0.4) is 0 Å². The summed E-state index contributed by atoms with van der Waals surface area (Å²) < 4.78 is 20.3. The first kappa shape index (κ1) is 26.4. The van der Waals surface area contributed by atoms with Crippen molar-refractivity contribution in [2.75, 3.05) is 31.2 Å². The summed E-state index contributed by atoms with van der Waals surface area (Å²) >= 11 is 9.14. The molecular formula is C26H35ClN4O3S2. The largest absolute Gasteiger partial charge is 0.461 e. The molecule has 3 heterocycles. The van der Waals surface area contributed by atoms with Crippen LogP contribution in [0.1, 0.15) is 51.6 Å². The van der Waals surface area contributed by atoms with Gasteiger partial charge in [0.05, 0.1) is 22.8 Å². The Balaban J connectivity index is 1.21. The van der Waals surface area contributed by atoms with Gasteiger partial charge in [0.1, 0.15) is 6.10 Å². The smallest absolute Gasteiger partial charge is 0.296 e. The molecule has 2 aromatic rings. The van der Waals surface area contributed by atoms with E-state index in [2.05, 4.69) is 46.9 Å². The second kappa shape index (κ2) is 11.7. The first-order chi connectivity index (χ1) is 17.4. The van der Waals surface area contributed by atoms with E-state index in [1.54, 1.807) is 0 Å². The fourth-order valence-corrected chi connectivity index (χ4v) is 7.08. The Hall–Kier alpha value is -1.23. The average Bonchev–Trinajstić information content (AvgIpc) is 3.29. The average molecular weight is 551 g/mol. The highest BCUT2D eigenvalue weighted by Crippen LogP contribution is 2.40. The molecule has 1 atom stereocenters. The number of nitrogens with one attached hydrogen (secondary N) is 1. The number of thioether (sulfide) groups is 1. The van der Waals surface area contributed by atoms with Crippen LogP contribution in [-0.4, -0.2) is 67.8 Å². The highest BCUT2D eigenvalue weighted by atomic mass is 35.5. The van der Waals surface area contributed by atoms with E-state index in [0.717, 1.165) is 62.0 Å². The Kier molecular flexibility index (Phi) is 8.54. The maximum Gasteiger partial charge on any atom is 0.296 e. The zero-order valence-corrected chi connectivity index (χ0v) is 23.3. The fraction of sp³-hybridized carbons (Fsp3) is 0.615. The predicted octanol–water partition coefficient (Wildman–Crippen LogP) is 6.47. The third kappa shape index (κ3) is 6.08. The number of nitrogens with zero attached hydrogens (tertiary/aromatic N) is 3. The van der Waals surface area contributed by atoms with Crippen LogP contribution in [0.5, 0.6) is 6.01 Å². The van der Waals surface area contributed by atoms with E-state index in [-0.39, 0.29) is 11.5 Å². The van der Waals surface area contributed by atoms with Crippen LogP contribution in [0.15, 0.2) is 24.3 Å². The van der Waals surface area contributed by atoms with E-state index in [1.807, 2.05) is 17.8 Å². The molecule has 0 aromatic carbocycles. The van der Waals surface area contributed by atoms with E-state index in [1.165, 1.54) is 11.5 Å². The summed E-state index contributed by atoms with van der Waals surface area (Å²) in [5, 5.41) is 0.618. The Morgan fingerprint density at radius 2 is 2.00 bits per heavy atom. The predicted molar refractivity (Wildman–Crippen MR) is 150 cm³/mol. The van der Waals surface area contributed by atoms with E-state index >= 15 is 0 Å². The number of rotatable bonds is 8. The summed E-state index contributed by atoms with van der Waals surface area (Å²) in [4.78, 5) is 15.3. The molecule has 2 aromatic heterocycles. The summed E-state index contributed by atoms with van der Waals surface area (Å²) in [7, 11) is 0. The minimum atomic E-state index is 0.0201. The summed E-state index contributed by atoms with van der Waals surface area (Å²) in [6.45, 7) is 7.24. The van der Waals surface area contributed by atoms with Crippen LogP contribution in [0, 0.1) is 11.3 Å². The van der Waals surface area contributed by atoms with Gasteiger partial charge in [-0.05, 0) is 55.1 Å². The van der Waals surface area contributed by atoms with Crippen molar-refractivity contribution in [1.29, 1.82) is 0 Å². The Morgan fingerprint density at radius 1 is 1.22 bits per heavy atom. The van der Waals surface area contributed by atoms with Crippen molar-refractivity contribution < 1.29 is 13.5 Å². The summed E-state index contributed by atoms with van der Waals surface area (Å²) in [5.41, 5.74) is 3.27. The van der Waals surface area contributed by atoms with Gasteiger partial charge in [-0.15, -0.1) is 0 Å². The van der Waals surface area contributed by atoms with Gasteiger partial charge in [-0.25, -0.2) is 4.98 Å². The van der Waals surface area contributed by atoms with Gasteiger partial charge in [0.15, 0.2) is 18.0 Å². The van der Waals surface area contributed by atoms with Gasteiger partial charge in [0, 0.05) is 30.6 Å². The first-order valence-electron chi connectivity index (χ1n) is 12.8. The van der Waals surface area contributed by atoms with Crippen molar-refractivity contribution in [3.8, 4) is 6.01 Å². The SMILES string of the molecule is CC(C)(COSO)C1CCC(Oc2nc3nc(C4=CCC(N5CCSCC5)C=C4)c(Cl)cc3[nH]2)CC1. The number of aromatic nitrogens is 3. The van der Waals surface area contributed by atoms with Crippen molar-refractivity contribution in [1.82, 2.24) is 19.9 Å². The molecule has 0 spiro atoms. The number of imidazole rings is 1. The number of hydrogen-bond acceptors (Lipinski definition) is 8. The standard InChI is InChI=1S/C26H35ClN4O3S2/c1-26(2,16-33-36-32)18-5-9-20(10-6-18)34-25-28-22-15-21(27)23(29-24(22)30-25)17-3-7-19(8-4-17)31-11-13-35-14-12-31/h3-4,7,15,18-20,32H,5-6,8-14,16H2,1-2H3,(H,28,29,30). The molecule has 10 heteroatoms. The number of hydrogen-bond donors (Lipinski definition) is 2. The maximum absolute atomic E-state index is 8.90. The van der Waals surface area contributed by atoms with Crippen molar-refractivity contribution in [3.05, 3.63) is 35.0 Å². The highest BCUT2D eigenvalue weighted by Gasteiger charge is 2.34. The molecular weight excluding hydrogens is 516 g/mol. The molecule has 2 fully saturated rings. The third-order valence-electron chi connectivity index (χ3n) is 7.81. The third-order valence-corrected chi connectivity index (χ3v) is 9.27. The quantitative estimate of drug-likeness (QED) is 0.362. The van der Waals surface area contributed by atoms with Gasteiger partial charge in [-0.1, -0.05) is 43.7 Å². The van der Waals surface area contributed by atoms with E-state index < -0.39 is 0 Å². The van der Waals surface area contributed by atoms with Crippen molar-refractivity contribution in [2.45, 2.75) is 58.1 Å². The molecule has 2 N–H and O–H groups in total. The molecule has 3 aliphatic rings. The number of aromatic amines is 1. The Labute approximate surface area is 226 Å². The molecule has 7 nitrogen and oxygen atoms in total. The highest BCUT2D eigenvalue weighted by molar-refractivity contribution is 7.99. The molecule has 36 heavy (non-hydrogen) atoms. The Morgan fingerprint density at radius 3 is 2.69 bits per heavy atom. The monoisotopic (exact) mass is 550 g/mol. The lowest BCUT2D eigenvalue weighted by Gasteiger charge is -2.38. The van der Waals surface area contributed by atoms with E-state index in [4.69, 9.17) is 30.1 Å². The zero-order chi connectivity index (χ0) is 25.1. The summed E-state index contributed by atoms with van der Waals surface area (Å²) in [6, 6.07) is 2.87. The number of allylic oxidation sites excluding steroid dienone is 2. The van der Waals surface area contributed by atoms with Crippen LogP contribution < -0.4 is 4.74 Å². The molecule has 2 aliphatic carbocycles. The van der Waals surface area contributed by atoms with Crippen LogP contribution in [0.4, 0.5) is 0 Å². The molecule has 1 aliphatic heterocycles. The number of fused-ring (bicyclic) bond motifs is 1. The van der Waals surface area contributed by atoms with Gasteiger partial charge >= 0.3 is 0 Å². The van der Waals surface area contributed by atoms with Gasteiger partial charge in [0.2, 0.25) is 0 Å². The second-order valence-electron chi connectivity index (χ2n) is 10.6. The lowest BCUT2D eigenvalue weighted by Crippen LogP contribution is -2.40. The fourth-order valence-electron chi connectivity index (χ4n) is 5.53. The normalized spacial score (nSPS) is 25.8. The van der Waals surface area contributed by atoms with E-state index in [9.17, 15) is 0 Å². The molecule has 1 saturated carbocycles. The minimum absolute atomic E-state index is 0.0201. The molecule has 0 bridgehead atoms. The van der Waals surface area contributed by atoms with Crippen LogP contribution in [0.2, 0.25) is 5.02 Å². The molecule has 5 rings (SSSR count). The van der Waals surface area contributed by atoms with Crippen LogP contribution >= 0.6 is 35.7 Å². The lowest BCUT2D eigenvalue weighted by atomic mass is 9.71. The van der Waals surface area contributed by atoms with Crippen LogP contribution in [-0.2, 0) is 4.18 Å². The number of pyridine rings is 1. The van der Waals surface area contributed by atoms with Crippen molar-refractivity contribution in [2.24, 2.45) is 11.3 Å². The molecule has 0 amide bonds. The molecule has 0 radical (unpaired) electrons. The number of H-pyrrole nitrogens is 1. The zero-order valence-electron chi connectivity index (χ0n) is 20.9. The molecule has 1 unspecified atom stereocenters. The van der Waals surface area contributed by atoms with Crippen molar-refractivity contribution >= 4 is 52.4 Å². The van der Waals surface area contributed by atoms with E-state index in [0.29, 0.717) is 47.6 Å². The second-order valence-corrected chi connectivity index (χ2v) is 12.6. The molecule has 196 valence electrons. The van der Waals surface area contributed by atoms with Gasteiger partial charge < -0.3 is 14.3 Å². The maximum atomic E-state index is 8.90. The minimum Gasteiger partial charge on any atom is -0.461 e. The van der Waals surface area contributed by atoms with Crippen molar-refractivity contribution in [3.63, 3.8) is 0 Å². The lowest BCUT2D eigenvalue weighted by molar-refractivity contribution is 0.0500.